The smallest absolute Gasteiger partial charge is 0.316 e. The summed E-state index contributed by atoms with van der Waals surface area (Å²) < 4.78 is 5.58. The first-order chi connectivity index (χ1) is 16.7. The summed E-state index contributed by atoms with van der Waals surface area (Å²) in [7, 11) is 0. The van der Waals surface area contributed by atoms with Gasteiger partial charge in [-0.3, -0.25) is 19.2 Å². The number of ether oxygens (including phenoxy) is 1. The molecule has 2 aliphatic heterocycles. The number of nitrogens with zero attached hydrogens (tertiary/aromatic N) is 2. The standard InChI is InChI=1S/C27H25ClN2O5/c1-15-3-9-21-22(11-15)26(33)30(25(21)32)23-10-8-20(12-16(23)2)35-27(34)17-13-24(31)29(14-17)19-6-4-18(28)5-7-19/h3-8,10,12,17,21-22H,9,11,13-14H2,1-2H3/t17-,21-,22-/m0/s1. The molecule has 0 unspecified atom stereocenters. The van der Waals surface area contributed by atoms with Gasteiger partial charge in [0.1, 0.15) is 5.75 Å². The molecule has 2 saturated heterocycles. The van der Waals surface area contributed by atoms with Gasteiger partial charge in [0.05, 0.1) is 23.4 Å². The number of amides is 3. The van der Waals surface area contributed by atoms with Crippen LogP contribution in [0.5, 0.6) is 5.75 Å². The summed E-state index contributed by atoms with van der Waals surface area (Å²) in [5.41, 5.74) is 2.98. The van der Waals surface area contributed by atoms with Crippen LogP contribution in [0.4, 0.5) is 11.4 Å². The molecule has 0 aromatic heterocycles. The Bertz CT molecular complexity index is 1270. The lowest BCUT2D eigenvalue weighted by atomic mass is 9.82. The van der Waals surface area contributed by atoms with Gasteiger partial charge in [-0.25, -0.2) is 4.90 Å². The van der Waals surface area contributed by atoms with Gasteiger partial charge in [0.2, 0.25) is 17.7 Å². The number of fused-ring (bicyclic) bond motifs is 1. The number of halogens is 1. The fourth-order valence-corrected chi connectivity index (χ4v) is 5.28. The van der Waals surface area contributed by atoms with E-state index in [9.17, 15) is 19.2 Å². The number of aryl methyl sites for hydroxylation is 1. The number of carbonyl (C=O) groups excluding carboxylic acids is 4. The number of imide groups is 1. The summed E-state index contributed by atoms with van der Waals surface area (Å²) in [6, 6.07) is 11.7. The van der Waals surface area contributed by atoms with Gasteiger partial charge in [-0.15, -0.1) is 0 Å². The molecule has 2 aromatic carbocycles. The predicted octanol–water partition coefficient (Wildman–Crippen LogP) is 4.45. The van der Waals surface area contributed by atoms with Crippen molar-refractivity contribution in [2.75, 3.05) is 16.3 Å². The van der Waals surface area contributed by atoms with Gasteiger partial charge in [0.15, 0.2) is 0 Å². The maximum absolute atomic E-state index is 13.0. The first-order valence-electron chi connectivity index (χ1n) is 11.6. The predicted molar refractivity (Wildman–Crippen MR) is 131 cm³/mol. The molecule has 5 rings (SSSR count). The number of benzene rings is 2. The van der Waals surface area contributed by atoms with Crippen molar-refractivity contribution in [3.05, 3.63) is 64.7 Å². The molecule has 0 spiro atoms. The Morgan fingerprint density at radius 3 is 2.40 bits per heavy atom. The van der Waals surface area contributed by atoms with Crippen molar-refractivity contribution < 1.29 is 23.9 Å². The quantitative estimate of drug-likeness (QED) is 0.272. The van der Waals surface area contributed by atoms with Crippen molar-refractivity contribution >= 4 is 46.7 Å². The summed E-state index contributed by atoms with van der Waals surface area (Å²) >= 11 is 5.92. The lowest BCUT2D eigenvalue weighted by Gasteiger charge is -2.19. The minimum Gasteiger partial charge on any atom is -0.426 e. The van der Waals surface area contributed by atoms with E-state index in [-0.39, 0.29) is 42.5 Å². The Morgan fingerprint density at radius 2 is 1.69 bits per heavy atom. The van der Waals surface area contributed by atoms with E-state index in [1.807, 2.05) is 13.0 Å². The Balaban J connectivity index is 1.28. The zero-order valence-electron chi connectivity index (χ0n) is 19.5. The molecule has 3 atom stereocenters. The summed E-state index contributed by atoms with van der Waals surface area (Å²) in [5.74, 6) is -1.92. The first kappa shape index (κ1) is 23.3. The minimum absolute atomic E-state index is 0.0610. The molecule has 2 aromatic rings. The number of allylic oxidation sites excluding steroid dienone is 2. The molecule has 0 bridgehead atoms. The molecular formula is C27H25ClN2O5. The fourth-order valence-electron chi connectivity index (χ4n) is 5.15. The van der Waals surface area contributed by atoms with Gasteiger partial charge < -0.3 is 9.64 Å². The lowest BCUT2D eigenvalue weighted by molar-refractivity contribution is -0.139. The molecule has 3 amide bonds. The Hall–Kier alpha value is -3.45. The molecule has 1 aliphatic carbocycles. The number of carbonyl (C=O) groups is 4. The molecule has 180 valence electrons. The highest BCUT2D eigenvalue weighted by atomic mass is 35.5. The van der Waals surface area contributed by atoms with E-state index >= 15 is 0 Å². The van der Waals surface area contributed by atoms with Crippen LogP contribution in [0.15, 0.2) is 54.1 Å². The molecule has 0 N–H and O–H groups in total. The van der Waals surface area contributed by atoms with Gasteiger partial charge in [0, 0.05) is 23.7 Å². The van der Waals surface area contributed by atoms with Crippen LogP contribution < -0.4 is 14.5 Å². The second kappa shape index (κ2) is 8.96. The maximum Gasteiger partial charge on any atom is 0.316 e. The van der Waals surface area contributed by atoms with Gasteiger partial charge in [-0.1, -0.05) is 23.3 Å². The van der Waals surface area contributed by atoms with E-state index in [4.69, 9.17) is 16.3 Å². The second-order valence-corrected chi connectivity index (χ2v) is 9.90. The number of hydrogen-bond donors (Lipinski definition) is 0. The van der Waals surface area contributed by atoms with Crippen LogP contribution in [0.3, 0.4) is 0 Å². The van der Waals surface area contributed by atoms with Crippen molar-refractivity contribution in [2.24, 2.45) is 17.8 Å². The molecule has 0 saturated carbocycles. The Kier molecular flexibility index (Phi) is 5.97. The summed E-state index contributed by atoms with van der Waals surface area (Å²) in [6.07, 6.45) is 3.28. The summed E-state index contributed by atoms with van der Waals surface area (Å²) in [6.45, 7) is 3.99. The van der Waals surface area contributed by atoms with Crippen LogP contribution >= 0.6 is 11.6 Å². The number of rotatable bonds is 4. The highest BCUT2D eigenvalue weighted by Gasteiger charge is 2.49. The van der Waals surface area contributed by atoms with E-state index in [2.05, 4.69) is 0 Å². The van der Waals surface area contributed by atoms with Crippen LogP contribution in [0.25, 0.3) is 0 Å². The molecule has 2 heterocycles. The van der Waals surface area contributed by atoms with Crippen LogP contribution in [0.1, 0.15) is 31.7 Å². The maximum atomic E-state index is 13.0. The molecular weight excluding hydrogens is 468 g/mol. The zero-order valence-corrected chi connectivity index (χ0v) is 20.2. The SMILES string of the molecule is CC1=CC[C@@H]2C(=O)N(c3ccc(OC(=O)[C@H]4CC(=O)N(c5ccc(Cl)cc5)C4)cc3C)C(=O)[C@H]2C1. The van der Waals surface area contributed by atoms with Crippen molar-refractivity contribution in [2.45, 2.75) is 33.1 Å². The summed E-state index contributed by atoms with van der Waals surface area (Å²) in [5, 5.41) is 0.568. The molecule has 3 aliphatic rings. The molecule has 0 radical (unpaired) electrons. The third kappa shape index (κ3) is 4.25. The molecule has 35 heavy (non-hydrogen) atoms. The van der Waals surface area contributed by atoms with Crippen molar-refractivity contribution in [3.63, 3.8) is 0 Å². The van der Waals surface area contributed by atoms with Crippen LogP contribution in [-0.2, 0) is 19.2 Å². The van der Waals surface area contributed by atoms with Gasteiger partial charge in [-0.05, 0) is 74.7 Å². The average Bonchev–Trinajstić information content (AvgIpc) is 3.32. The molecule has 2 fully saturated rings. The largest absolute Gasteiger partial charge is 0.426 e. The zero-order chi connectivity index (χ0) is 24.9. The van der Waals surface area contributed by atoms with E-state index in [0.717, 1.165) is 5.57 Å². The van der Waals surface area contributed by atoms with Crippen LogP contribution in [-0.4, -0.2) is 30.2 Å². The van der Waals surface area contributed by atoms with Gasteiger partial charge >= 0.3 is 5.97 Å². The average molecular weight is 493 g/mol. The van der Waals surface area contributed by atoms with Gasteiger partial charge in [-0.2, -0.15) is 0 Å². The number of esters is 1. The third-order valence-electron chi connectivity index (χ3n) is 7.05. The van der Waals surface area contributed by atoms with E-state index in [0.29, 0.717) is 40.6 Å². The van der Waals surface area contributed by atoms with Gasteiger partial charge in [0.25, 0.3) is 0 Å². The van der Waals surface area contributed by atoms with Crippen molar-refractivity contribution in [1.29, 1.82) is 0 Å². The van der Waals surface area contributed by atoms with E-state index in [1.165, 1.54) is 4.90 Å². The number of anilines is 2. The third-order valence-corrected chi connectivity index (χ3v) is 7.30. The van der Waals surface area contributed by atoms with Crippen molar-refractivity contribution in [1.82, 2.24) is 0 Å². The second-order valence-electron chi connectivity index (χ2n) is 9.47. The highest BCUT2D eigenvalue weighted by molar-refractivity contribution is 6.30. The van der Waals surface area contributed by atoms with E-state index in [1.54, 1.807) is 54.3 Å². The summed E-state index contributed by atoms with van der Waals surface area (Å²) in [4.78, 5) is 54.1. The van der Waals surface area contributed by atoms with Crippen LogP contribution in [0.2, 0.25) is 5.02 Å². The Morgan fingerprint density at radius 1 is 0.971 bits per heavy atom. The minimum atomic E-state index is -0.598. The highest BCUT2D eigenvalue weighted by Crippen LogP contribution is 2.41. The number of hydrogen-bond acceptors (Lipinski definition) is 5. The normalized spacial score (nSPS) is 24.0. The van der Waals surface area contributed by atoms with E-state index < -0.39 is 11.9 Å². The Labute approximate surface area is 208 Å². The monoisotopic (exact) mass is 492 g/mol. The first-order valence-corrected chi connectivity index (χ1v) is 12.0. The fraction of sp³-hybridized carbons (Fsp3) is 0.333. The van der Waals surface area contributed by atoms with Crippen molar-refractivity contribution in [3.8, 4) is 5.75 Å². The topological polar surface area (TPSA) is 84.0 Å². The molecule has 7 nitrogen and oxygen atoms in total. The van der Waals surface area contributed by atoms with Crippen LogP contribution in [0, 0.1) is 24.7 Å². The lowest BCUT2D eigenvalue weighted by Crippen LogP contribution is -2.31. The molecule has 8 heteroatoms.